The molecule has 3 N–H and O–H groups in total. The molecule has 0 heterocycles. The lowest BCUT2D eigenvalue weighted by Crippen LogP contribution is -2.08. The van der Waals surface area contributed by atoms with Crippen LogP contribution >= 0.6 is 0 Å². The number of nitrogens with two attached hydrogens (primary N) is 1. The van der Waals surface area contributed by atoms with E-state index in [4.69, 9.17) is 5.11 Å². The van der Waals surface area contributed by atoms with Crippen molar-refractivity contribution in [3.63, 3.8) is 0 Å². The van der Waals surface area contributed by atoms with E-state index in [9.17, 15) is 4.79 Å². The molecule has 1 aliphatic rings. The molecule has 0 aromatic carbocycles. The number of carboxylic acid groups (broad SMARTS) is 1. The fourth-order valence-corrected chi connectivity index (χ4v) is 1.80. The summed E-state index contributed by atoms with van der Waals surface area (Å²) in [7, 11) is 1.50. The van der Waals surface area contributed by atoms with Crippen LogP contribution in [-0.4, -0.2) is 18.1 Å². The van der Waals surface area contributed by atoms with Crippen LogP contribution < -0.4 is 5.73 Å². The Morgan fingerprint density at radius 1 is 1.20 bits per heavy atom. The van der Waals surface area contributed by atoms with Crippen molar-refractivity contribution in [2.75, 3.05) is 7.05 Å². The minimum absolute atomic E-state index is 0.366. The second kappa shape index (κ2) is 13.4. The van der Waals surface area contributed by atoms with Gasteiger partial charge in [0.05, 0.1) is 0 Å². The van der Waals surface area contributed by atoms with Gasteiger partial charge in [-0.2, -0.15) is 0 Å². The average molecular weight is 217 g/mol. The van der Waals surface area contributed by atoms with Crippen LogP contribution in [0.3, 0.4) is 0 Å². The Morgan fingerprint density at radius 2 is 1.67 bits per heavy atom. The van der Waals surface area contributed by atoms with E-state index in [0.717, 1.165) is 6.42 Å². The van der Waals surface area contributed by atoms with Gasteiger partial charge in [-0.25, -0.2) is 0 Å². The largest absolute Gasteiger partial charge is 0.481 e. The van der Waals surface area contributed by atoms with Gasteiger partial charge >= 0.3 is 5.97 Å². The lowest BCUT2D eigenvalue weighted by atomic mass is 9.86. The predicted octanol–water partition coefficient (Wildman–Crippen LogP) is 3.03. The molecule has 0 unspecified atom stereocenters. The minimum Gasteiger partial charge on any atom is -0.481 e. The van der Waals surface area contributed by atoms with E-state index in [1.807, 2.05) is 13.8 Å². The molecule has 92 valence electrons. The van der Waals surface area contributed by atoms with Crippen molar-refractivity contribution >= 4 is 5.97 Å². The fraction of sp³-hybridized carbons (Fsp3) is 0.917. The fourth-order valence-electron chi connectivity index (χ4n) is 1.80. The average Bonchev–Trinajstić information content (AvgIpc) is 2.33. The van der Waals surface area contributed by atoms with Crippen LogP contribution in [0.4, 0.5) is 0 Å². The molecule has 0 bridgehead atoms. The molecule has 1 fully saturated rings. The molecule has 0 radical (unpaired) electrons. The van der Waals surface area contributed by atoms with E-state index in [1.165, 1.54) is 39.2 Å². The summed E-state index contributed by atoms with van der Waals surface area (Å²) >= 11 is 0. The van der Waals surface area contributed by atoms with Crippen LogP contribution in [0.25, 0.3) is 0 Å². The summed E-state index contributed by atoms with van der Waals surface area (Å²) < 4.78 is 0. The summed E-state index contributed by atoms with van der Waals surface area (Å²) in [6.45, 7) is 4.00. The quantitative estimate of drug-likeness (QED) is 0.763. The molecule has 1 rings (SSSR count). The first kappa shape index (κ1) is 16.8. The molecule has 1 saturated carbocycles. The van der Waals surface area contributed by atoms with E-state index in [0.29, 0.717) is 12.3 Å². The molecule has 0 aliphatic heterocycles. The van der Waals surface area contributed by atoms with Crippen molar-refractivity contribution in [2.45, 2.75) is 58.8 Å². The van der Waals surface area contributed by atoms with Gasteiger partial charge in [-0.3, -0.25) is 4.79 Å². The third-order valence-corrected chi connectivity index (χ3v) is 2.49. The molecule has 15 heavy (non-hydrogen) atoms. The van der Waals surface area contributed by atoms with Crippen LogP contribution in [0.5, 0.6) is 0 Å². The highest BCUT2D eigenvalue weighted by atomic mass is 16.4. The summed E-state index contributed by atoms with van der Waals surface area (Å²) in [5.74, 6) is 0.0652. The van der Waals surface area contributed by atoms with E-state index < -0.39 is 5.97 Å². The van der Waals surface area contributed by atoms with Crippen LogP contribution in [0.15, 0.2) is 0 Å². The molecule has 3 nitrogen and oxygen atoms in total. The van der Waals surface area contributed by atoms with Crippen molar-refractivity contribution in [1.82, 2.24) is 0 Å². The zero-order valence-corrected chi connectivity index (χ0v) is 10.5. The molecule has 0 spiro atoms. The topological polar surface area (TPSA) is 63.3 Å². The van der Waals surface area contributed by atoms with Crippen molar-refractivity contribution in [3.05, 3.63) is 0 Å². The molecule has 1 aliphatic carbocycles. The first-order chi connectivity index (χ1) is 7.29. The zero-order valence-electron chi connectivity index (χ0n) is 10.5. The van der Waals surface area contributed by atoms with Crippen molar-refractivity contribution in [1.29, 1.82) is 0 Å². The number of hydrogen-bond acceptors (Lipinski definition) is 2. The SMILES string of the molecule is CC.CN.O=C(O)CCC1CCCCC1. The number of carbonyl (C=O) groups is 1. The smallest absolute Gasteiger partial charge is 0.303 e. The maximum absolute atomic E-state index is 10.2. The maximum atomic E-state index is 10.2. The number of rotatable bonds is 3. The van der Waals surface area contributed by atoms with Crippen molar-refractivity contribution < 1.29 is 9.90 Å². The highest BCUT2D eigenvalue weighted by Crippen LogP contribution is 2.26. The van der Waals surface area contributed by atoms with Crippen LogP contribution in [0.1, 0.15) is 58.8 Å². The molecular formula is C12H27NO2. The second-order valence-electron chi connectivity index (χ2n) is 3.44. The third-order valence-electron chi connectivity index (χ3n) is 2.49. The normalized spacial score (nSPS) is 15.5. The Morgan fingerprint density at radius 3 is 2.07 bits per heavy atom. The summed E-state index contributed by atoms with van der Waals surface area (Å²) in [6, 6.07) is 0. The monoisotopic (exact) mass is 217 g/mol. The van der Waals surface area contributed by atoms with Gasteiger partial charge in [0.2, 0.25) is 0 Å². The van der Waals surface area contributed by atoms with E-state index in [2.05, 4.69) is 5.73 Å². The standard InChI is InChI=1S/C9H16O2.C2H6.CH5N/c10-9(11)7-6-8-4-2-1-3-5-8;2*1-2/h8H,1-7H2,(H,10,11);1-2H3;2H2,1H3. The first-order valence-electron chi connectivity index (χ1n) is 6.08. The van der Waals surface area contributed by atoms with Crippen molar-refractivity contribution in [3.8, 4) is 0 Å². The Hall–Kier alpha value is -0.570. The molecule has 3 heteroatoms. The Kier molecular flexibility index (Phi) is 15.1. The Balaban J connectivity index is 0. The zero-order chi connectivity index (χ0) is 12.1. The number of aliphatic carboxylic acids is 1. The molecule has 0 aromatic rings. The minimum atomic E-state index is -0.643. The molecule has 0 amide bonds. The Labute approximate surface area is 94.1 Å². The van der Waals surface area contributed by atoms with Crippen LogP contribution in [0.2, 0.25) is 0 Å². The van der Waals surface area contributed by atoms with Gasteiger partial charge in [0, 0.05) is 6.42 Å². The summed E-state index contributed by atoms with van der Waals surface area (Å²) in [5, 5.41) is 8.44. The highest BCUT2D eigenvalue weighted by Gasteiger charge is 2.13. The molecule has 0 saturated heterocycles. The Bertz CT molecular complexity index is 132. The molecular weight excluding hydrogens is 190 g/mol. The molecule has 0 aromatic heterocycles. The number of carboxylic acids is 1. The number of hydrogen-bond donors (Lipinski definition) is 2. The van der Waals surface area contributed by atoms with E-state index >= 15 is 0 Å². The van der Waals surface area contributed by atoms with Gasteiger partial charge in [-0.05, 0) is 19.4 Å². The van der Waals surface area contributed by atoms with Crippen LogP contribution in [-0.2, 0) is 4.79 Å². The van der Waals surface area contributed by atoms with Gasteiger partial charge in [0.1, 0.15) is 0 Å². The van der Waals surface area contributed by atoms with Crippen LogP contribution in [0, 0.1) is 5.92 Å². The second-order valence-corrected chi connectivity index (χ2v) is 3.44. The maximum Gasteiger partial charge on any atom is 0.303 e. The van der Waals surface area contributed by atoms with Gasteiger partial charge in [-0.1, -0.05) is 46.0 Å². The van der Waals surface area contributed by atoms with Gasteiger partial charge < -0.3 is 10.8 Å². The van der Waals surface area contributed by atoms with Gasteiger partial charge in [0.25, 0.3) is 0 Å². The summed E-state index contributed by atoms with van der Waals surface area (Å²) in [6.07, 6.45) is 7.75. The first-order valence-corrected chi connectivity index (χ1v) is 6.08. The summed E-state index contributed by atoms with van der Waals surface area (Å²) in [4.78, 5) is 10.2. The molecule has 0 atom stereocenters. The van der Waals surface area contributed by atoms with Gasteiger partial charge in [0.15, 0.2) is 0 Å². The lowest BCUT2D eigenvalue weighted by molar-refractivity contribution is -0.137. The lowest BCUT2D eigenvalue weighted by Gasteiger charge is -2.20. The van der Waals surface area contributed by atoms with E-state index in [1.54, 1.807) is 0 Å². The predicted molar refractivity (Wildman–Crippen MR) is 64.9 cm³/mol. The summed E-state index contributed by atoms with van der Waals surface area (Å²) in [5.41, 5.74) is 4.50. The van der Waals surface area contributed by atoms with Gasteiger partial charge in [-0.15, -0.1) is 0 Å². The third kappa shape index (κ3) is 11.4. The van der Waals surface area contributed by atoms with E-state index in [-0.39, 0.29) is 0 Å². The highest BCUT2D eigenvalue weighted by molar-refractivity contribution is 5.66. The van der Waals surface area contributed by atoms with Crippen molar-refractivity contribution in [2.24, 2.45) is 11.7 Å².